The molecule has 0 aliphatic carbocycles. The van der Waals surface area contributed by atoms with E-state index < -0.39 is 11.7 Å². The molecule has 5 heterocycles. The highest BCUT2D eigenvalue weighted by atomic mass is 16.5. The molecule has 0 bridgehead atoms. The molecule has 0 saturated carbocycles. The van der Waals surface area contributed by atoms with Gasteiger partial charge in [-0.3, -0.25) is 9.78 Å². The number of rotatable bonds is 4. The van der Waals surface area contributed by atoms with Gasteiger partial charge < -0.3 is 19.5 Å². The van der Waals surface area contributed by atoms with Crippen LogP contribution in [0.5, 0.6) is 0 Å². The van der Waals surface area contributed by atoms with E-state index in [9.17, 15) is 4.79 Å². The number of nitrogens with zero attached hydrogens (tertiary/aromatic N) is 6. The van der Waals surface area contributed by atoms with Crippen LogP contribution in [0.4, 0.5) is 5.82 Å². The Labute approximate surface area is 185 Å². The lowest BCUT2D eigenvalue weighted by atomic mass is 9.88. The Kier molecular flexibility index (Phi) is 5.29. The summed E-state index contributed by atoms with van der Waals surface area (Å²) in [5, 5.41) is 12.0. The smallest absolute Gasteiger partial charge is 0.251 e. The van der Waals surface area contributed by atoms with Gasteiger partial charge in [0.1, 0.15) is 23.3 Å². The first-order valence-electron chi connectivity index (χ1n) is 10.6. The summed E-state index contributed by atoms with van der Waals surface area (Å²) in [6.45, 7) is 2.29. The number of anilines is 1. The quantitative estimate of drug-likeness (QED) is 0.673. The third-order valence-corrected chi connectivity index (χ3v) is 6.11. The summed E-state index contributed by atoms with van der Waals surface area (Å²) in [4.78, 5) is 28.2. The van der Waals surface area contributed by atoms with Crippen molar-refractivity contribution in [1.82, 2.24) is 24.8 Å². The number of piperidine rings is 1. The second-order valence-corrected chi connectivity index (χ2v) is 8.09. The first-order valence-corrected chi connectivity index (χ1v) is 10.6. The Morgan fingerprint density at radius 1 is 1.22 bits per heavy atom. The first kappa shape index (κ1) is 20.2. The summed E-state index contributed by atoms with van der Waals surface area (Å²) < 4.78 is 8.50. The number of imidazole rings is 1. The van der Waals surface area contributed by atoms with Gasteiger partial charge in [-0.15, -0.1) is 0 Å². The van der Waals surface area contributed by atoms with Crippen LogP contribution in [0.2, 0.25) is 0 Å². The van der Waals surface area contributed by atoms with Crippen molar-refractivity contribution in [2.45, 2.75) is 37.6 Å². The molecule has 0 radical (unpaired) electrons. The van der Waals surface area contributed by atoms with E-state index in [1.165, 1.54) is 0 Å². The van der Waals surface area contributed by atoms with Crippen LogP contribution in [0, 0.1) is 11.3 Å². The second kappa shape index (κ2) is 8.40. The van der Waals surface area contributed by atoms with E-state index in [4.69, 9.17) is 10.00 Å². The van der Waals surface area contributed by atoms with Crippen LogP contribution in [0.3, 0.4) is 0 Å². The van der Waals surface area contributed by atoms with Gasteiger partial charge >= 0.3 is 0 Å². The Bertz CT molecular complexity index is 1130. The van der Waals surface area contributed by atoms with Crippen LogP contribution in [0.15, 0.2) is 55.2 Å². The van der Waals surface area contributed by atoms with Gasteiger partial charge in [-0.1, -0.05) is 6.07 Å². The monoisotopic (exact) mass is 429 g/mol. The zero-order valence-corrected chi connectivity index (χ0v) is 17.5. The number of hydrogen-bond acceptors (Lipinski definition) is 7. The van der Waals surface area contributed by atoms with Crippen LogP contribution >= 0.6 is 0 Å². The molecule has 1 saturated heterocycles. The highest BCUT2D eigenvalue weighted by molar-refractivity contribution is 5.81. The molecule has 9 heteroatoms. The largest absolute Gasteiger partial charge is 0.356 e. The summed E-state index contributed by atoms with van der Waals surface area (Å²) in [6.07, 6.45) is 9.51. The molecule has 162 valence electrons. The van der Waals surface area contributed by atoms with Gasteiger partial charge in [0.2, 0.25) is 0 Å². The summed E-state index contributed by atoms with van der Waals surface area (Å²) in [5.74, 6) is 1.58. The molecule has 1 atom stereocenters. The molecule has 5 rings (SSSR count). The molecule has 1 unspecified atom stereocenters. The molecule has 3 aromatic rings. The molecular weight excluding hydrogens is 406 g/mol. The van der Waals surface area contributed by atoms with Crippen LogP contribution in [0.1, 0.15) is 29.8 Å². The number of ether oxygens (including phenoxy) is 1. The highest BCUT2D eigenvalue weighted by Crippen LogP contribution is 2.40. The third-order valence-electron chi connectivity index (χ3n) is 6.11. The van der Waals surface area contributed by atoms with Gasteiger partial charge in [0.15, 0.2) is 6.10 Å². The zero-order valence-electron chi connectivity index (χ0n) is 17.5. The predicted octanol–water partition coefficient (Wildman–Crippen LogP) is 1.76. The summed E-state index contributed by atoms with van der Waals surface area (Å²) >= 11 is 0. The average molecular weight is 429 g/mol. The highest BCUT2D eigenvalue weighted by Gasteiger charge is 2.47. The second-order valence-electron chi connectivity index (χ2n) is 8.09. The van der Waals surface area contributed by atoms with Crippen molar-refractivity contribution in [2.75, 3.05) is 18.0 Å². The molecule has 9 nitrogen and oxygen atoms in total. The molecule has 2 aliphatic heterocycles. The third kappa shape index (κ3) is 3.81. The van der Waals surface area contributed by atoms with Crippen molar-refractivity contribution in [3.8, 4) is 6.07 Å². The number of hydrogen-bond donors (Lipinski definition) is 1. The van der Waals surface area contributed by atoms with E-state index in [0.29, 0.717) is 31.5 Å². The van der Waals surface area contributed by atoms with Gasteiger partial charge in [-0.05, 0) is 23.8 Å². The number of nitriles is 1. The van der Waals surface area contributed by atoms with Gasteiger partial charge in [0.25, 0.3) is 5.91 Å². The van der Waals surface area contributed by atoms with E-state index in [1.54, 1.807) is 30.9 Å². The van der Waals surface area contributed by atoms with Crippen LogP contribution in [-0.2, 0) is 28.2 Å². The minimum absolute atomic E-state index is 0.135. The SMILES string of the molecule is N#Cc1ccc(N2CCC3(CC2)OC(C(=O)NCc2cccnc2)Cn2ccnc23)nc1. The first-order chi connectivity index (χ1) is 15.7. The van der Waals surface area contributed by atoms with E-state index in [2.05, 4.69) is 31.2 Å². The van der Waals surface area contributed by atoms with Crippen molar-refractivity contribution < 1.29 is 9.53 Å². The van der Waals surface area contributed by atoms with Gasteiger partial charge in [0.05, 0.1) is 12.1 Å². The summed E-state index contributed by atoms with van der Waals surface area (Å²) in [6, 6.07) is 9.52. The predicted molar refractivity (Wildman–Crippen MR) is 115 cm³/mol. The molecule has 0 aromatic carbocycles. The fourth-order valence-electron chi connectivity index (χ4n) is 4.42. The molecule has 1 spiro atoms. The number of pyridine rings is 2. The molecule has 32 heavy (non-hydrogen) atoms. The number of aromatic nitrogens is 4. The van der Waals surface area contributed by atoms with Crippen molar-refractivity contribution >= 4 is 11.7 Å². The Hall–Kier alpha value is -3.77. The topological polar surface area (TPSA) is 109 Å². The number of carbonyl (C=O) groups excluding carboxylic acids is 1. The molecule has 3 aromatic heterocycles. The fraction of sp³-hybridized carbons (Fsp3) is 0.348. The van der Waals surface area contributed by atoms with Gasteiger partial charge in [0, 0.05) is 63.5 Å². The van der Waals surface area contributed by atoms with Crippen molar-refractivity contribution in [3.63, 3.8) is 0 Å². The number of nitrogens with one attached hydrogen (secondary N) is 1. The molecular formula is C23H23N7O2. The van der Waals surface area contributed by atoms with E-state index in [-0.39, 0.29) is 5.91 Å². The van der Waals surface area contributed by atoms with Gasteiger partial charge in [-0.2, -0.15) is 5.26 Å². The molecule has 1 amide bonds. The van der Waals surface area contributed by atoms with Crippen LogP contribution in [-0.4, -0.2) is 44.6 Å². The normalized spacial score (nSPS) is 19.2. The maximum absolute atomic E-state index is 12.9. The lowest BCUT2D eigenvalue weighted by Crippen LogP contribution is -2.54. The van der Waals surface area contributed by atoms with E-state index in [1.807, 2.05) is 29.0 Å². The molecule has 1 N–H and O–H groups in total. The Balaban J connectivity index is 1.29. The lowest BCUT2D eigenvalue weighted by molar-refractivity contribution is -0.167. The Morgan fingerprint density at radius 2 is 2.09 bits per heavy atom. The van der Waals surface area contributed by atoms with E-state index in [0.717, 1.165) is 30.3 Å². The standard InChI is InChI=1S/C23H23N7O2/c24-12-17-3-4-20(27-14-17)29-9-5-23(6-10-29)22-26-8-11-30(22)16-19(32-23)21(31)28-15-18-2-1-7-25-13-18/h1-4,7-8,11,13-14,19H,5-6,9-10,15-16H2,(H,28,31). The van der Waals surface area contributed by atoms with Gasteiger partial charge in [-0.25, -0.2) is 9.97 Å². The lowest BCUT2D eigenvalue weighted by Gasteiger charge is -2.45. The summed E-state index contributed by atoms with van der Waals surface area (Å²) in [5.41, 5.74) is 0.874. The summed E-state index contributed by atoms with van der Waals surface area (Å²) in [7, 11) is 0. The van der Waals surface area contributed by atoms with Crippen LogP contribution in [0.25, 0.3) is 0 Å². The van der Waals surface area contributed by atoms with Crippen molar-refractivity contribution in [2.24, 2.45) is 0 Å². The zero-order chi connectivity index (χ0) is 22.0. The minimum Gasteiger partial charge on any atom is -0.356 e. The minimum atomic E-state index is -0.610. The number of fused-ring (bicyclic) bond motifs is 2. The van der Waals surface area contributed by atoms with E-state index >= 15 is 0 Å². The fourth-order valence-corrected chi connectivity index (χ4v) is 4.42. The number of carbonyl (C=O) groups is 1. The molecule has 1 fully saturated rings. The average Bonchev–Trinajstić information content (AvgIpc) is 3.34. The molecule has 2 aliphatic rings. The Morgan fingerprint density at radius 3 is 2.81 bits per heavy atom. The van der Waals surface area contributed by atoms with Crippen LogP contribution < -0.4 is 10.2 Å². The van der Waals surface area contributed by atoms with Crippen molar-refractivity contribution in [3.05, 3.63) is 72.2 Å². The van der Waals surface area contributed by atoms with Crippen molar-refractivity contribution in [1.29, 1.82) is 5.26 Å². The maximum atomic E-state index is 12.9. The maximum Gasteiger partial charge on any atom is 0.251 e. The number of amides is 1.